The van der Waals surface area contributed by atoms with Gasteiger partial charge in [-0.3, -0.25) is 4.99 Å². The summed E-state index contributed by atoms with van der Waals surface area (Å²) in [5.41, 5.74) is 0. The Kier molecular flexibility index (Phi) is 1.70. The number of nitrogens with zero attached hydrogens (tertiary/aromatic N) is 2. The lowest BCUT2D eigenvalue weighted by Gasteiger charge is -1.95. The van der Waals surface area contributed by atoms with Gasteiger partial charge in [0.25, 0.3) is 0 Å². The Morgan fingerprint density at radius 1 is 1.88 bits per heavy atom. The van der Waals surface area contributed by atoms with Crippen molar-refractivity contribution in [1.29, 1.82) is 5.26 Å². The molecule has 0 saturated carbocycles. The van der Waals surface area contributed by atoms with Crippen molar-refractivity contribution in [1.82, 2.24) is 0 Å². The SMILES string of the molecule is N#CC1=CN=CCS1. The summed E-state index contributed by atoms with van der Waals surface area (Å²) in [6.45, 7) is 0. The van der Waals surface area contributed by atoms with E-state index < -0.39 is 0 Å². The maximum atomic E-state index is 8.28. The minimum atomic E-state index is 0.701. The predicted molar refractivity (Wildman–Crippen MR) is 34.6 cm³/mol. The number of hydrogen-bond donors (Lipinski definition) is 0. The van der Waals surface area contributed by atoms with Crippen LogP contribution >= 0.6 is 11.8 Å². The molecule has 8 heavy (non-hydrogen) atoms. The second kappa shape index (κ2) is 2.53. The summed E-state index contributed by atoms with van der Waals surface area (Å²) >= 11 is 1.51. The maximum absolute atomic E-state index is 8.28. The van der Waals surface area contributed by atoms with Crippen molar-refractivity contribution in [3.63, 3.8) is 0 Å². The van der Waals surface area contributed by atoms with Crippen molar-refractivity contribution in [3.05, 3.63) is 11.1 Å². The smallest absolute Gasteiger partial charge is 0.108 e. The number of aliphatic imine (C=N–C) groups is 1. The van der Waals surface area contributed by atoms with Crippen LogP contribution in [-0.4, -0.2) is 12.0 Å². The van der Waals surface area contributed by atoms with Gasteiger partial charge in [-0.25, -0.2) is 0 Å². The highest BCUT2D eigenvalue weighted by Gasteiger charge is 1.96. The molecule has 1 rings (SSSR count). The molecule has 0 spiro atoms. The van der Waals surface area contributed by atoms with Crippen molar-refractivity contribution in [2.24, 2.45) is 4.99 Å². The summed E-state index contributed by atoms with van der Waals surface area (Å²) in [7, 11) is 0. The lowest BCUT2D eigenvalue weighted by atomic mass is 10.6. The molecular weight excluding hydrogens is 120 g/mol. The Balaban J connectivity index is 2.67. The van der Waals surface area contributed by atoms with Crippen LogP contribution in [0.25, 0.3) is 0 Å². The van der Waals surface area contributed by atoms with E-state index in [-0.39, 0.29) is 0 Å². The molecule has 0 fully saturated rings. The van der Waals surface area contributed by atoms with Crippen molar-refractivity contribution in [2.45, 2.75) is 0 Å². The third-order valence-corrected chi connectivity index (χ3v) is 1.54. The first-order valence-corrected chi connectivity index (χ1v) is 3.17. The zero-order valence-electron chi connectivity index (χ0n) is 4.16. The van der Waals surface area contributed by atoms with Crippen LogP contribution in [0, 0.1) is 11.3 Å². The Hall–Kier alpha value is -0.750. The monoisotopic (exact) mass is 124 g/mol. The van der Waals surface area contributed by atoms with Crippen LogP contribution in [0.3, 0.4) is 0 Å². The minimum absolute atomic E-state index is 0.701. The number of allylic oxidation sites excluding steroid dienone is 1. The number of rotatable bonds is 0. The van der Waals surface area contributed by atoms with Crippen molar-refractivity contribution in [2.75, 3.05) is 5.75 Å². The molecule has 40 valence electrons. The lowest BCUT2D eigenvalue weighted by Crippen LogP contribution is -1.85. The normalized spacial score (nSPS) is 17.1. The highest BCUT2D eigenvalue weighted by molar-refractivity contribution is 8.03. The van der Waals surface area contributed by atoms with Gasteiger partial charge in [-0.2, -0.15) is 5.26 Å². The van der Waals surface area contributed by atoms with Gasteiger partial charge < -0.3 is 0 Å². The first-order valence-electron chi connectivity index (χ1n) is 2.18. The molecule has 0 radical (unpaired) electrons. The number of hydrogen-bond acceptors (Lipinski definition) is 3. The highest BCUT2D eigenvalue weighted by Crippen LogP contribution is 2.15. The standard InChI is InChI=1S/C5H4N2S/c6-3-5-4-7-1-2-8-5/h1,4H,2H2. The zero-order chi connectivity index (χ0) is 5.82. The van der Waals surface area contributed by atoms with Crippen molar-refractivity contribution >= 4 is 18.0 Å². The second-order valence-electron chi connectivity index (χ2n) is 1.25. The van der Waals surface area contributed by atoms with Crippen molar-refractivity contribution in [3.8, 4) is 6.07 Å². The van der Waals surface area contributed by atoms with Gasteiger partial charge in [0.15, 0.2) is 0 Å². The molecule has 2 nitrogen and oxygen atoms in total. The van der Waals surface area contributed by atoms with E-state index in [1.807, 2.05) is 6.07 Å². The summed E-state index contributed by atoms with van der Waals surface area (Å²) in [6.07, 6.45) is 3.36. The molecule has 1 aliphatic heterocycles. The van der Waals surface area contributed by atoms with E-state index in [0.717, 1.165) is 5.75 Å². The average Bonchev–Trinajstić information content (AvgIpc) is 1.90. The van der Waals surface area contributed by atoms with Gasteiger partial charge in [0.1, 0.15) is 11.0 Å². The fraction of sp³-hybridized carbons (Fsp3) is 0.200. The average molecular weight is 124 g/mol. The van der Waals surface area contributed by atoms with Gasteiger partial charge in [-0.1, -0.05) is 0 Å². The van der Waals surface area contributed by atoms with Gasteiger partial charge in [0.2, 0.25) is 0 Å². The minimum Gasteiger partial charge on any atom is -0.266 e. The molecule has 0 N–H and O–H groups in total. The van der Waals surface area contributed by atoms with E-state index in [4.69, 9.17) is 5.26 Å². The van der Waals surface area contributed by atoms with E-state index in [0.29, 0.717) is 4.91 Å². The molecule has 0 aliphatic carbocycles. The highest BCUT2D eigenvalue weighted by atomic mass is 32.2. The molecule has 0 atom stereocenters. The van der Waals surface area contributed by atoms with E-state index in [9.17, 15) is 0 Å². The van der Waals surface area contributed by atoms with E-state index in [1.165, 1.54) is 11.8 Å². The van der Waals surface area contributed by atoms with Crippen LogP contribution < -0.4 is 0 Å². The molecule has 0 saturated heterocycles. The summed E-state index contributed by atoms with van der Waals surface area (Å²) in [4.78, 5) is 4.50. The molecule has 0 unspecified atom stereocenters. The first kappa shape index (κ1) is 5.39. The summed E-state index contributed by atoms with van der Waals surface area (Å²) in [5.74, 6) is 0.833. The Morgan fingerprint density at radius 2 is 2.75 bits per heavy atom. The molecule has 0 aromatic rings. The largest absolute Gasteiger partial charge is 0.266 e. The van der Waals surface area contributed by atoms with Crippen LogP contribution in [0.2, 0.25) is 0 Å². The van der Waals surface area contributed by atoms with Gasteiger partial charge >= 0.3 is 0 Å². The van der Waals surface area contributed by atoms with Crippen molar-refractivity contribution < 1.29 is 0 Å². The van der Waals surface area contributed by atoms with Crippen LogP contribution in [0.1, 0.15) is 0 Å². The van der Waals surface area contributed by atoms with Gasteiger partial charge in [-0.05, 0) is 0 Å². The third-order valence-electron chi connectivity index (χ3n) is 0.721. The Morgan fingerprint density at radius 3 is 3.12 bits per heavy atom. The number of thioether (sulfide) groups is 1. The van der Waals surface area contributed by atoms with E-state index in [2.05, 4.69) is 4.99 Å². The van der Waals surface area contributed by atoms with Gasteiger partial charge in [0.05, 0.1) is 6.20 Å². The van der Waals surface area contributed by atoms with Crippen LogP contribution in [0.15, 0.2) is 16.1 Å². The van der Waals surface area contributed by atoms with Crippen LogP contribution in [-0.2, 0) is 0 Å². The molecule has 1 heterocycles. The summed E-state index contributed by atoms with van der Waals surface area (Å²) in [6, 6.07) is 2.01. The number of nitriles is 1. The van der Waals surface area contributed by atoms with E-state index in [1.54, 1.807) is 12.4 Å². The van der Waals surface area contributed by atoms with Gasteiger partial charge in [0, 0.05) is 12.0 Å². The second-order valence-corrected chi connectivity index (χ2v) is 2.31. The Labute approximate surface area is 51.9 Å². The lowest BCUT2D eigenvalue weighted by molar-refractivity contribution is 1.49. The first-order chi connectivity index (χ1) is 3.93. The zero-order valence-corrected chi connectivity index (χ0v) is 4.98. The molecule has 0 amide bonds. The summed E-state index contributed by atoms with van der Waals surface area (Å²) < 4.78 is 0. The molecule has 0 aromatic carbocycles. The Bertz CT molecular complexity index is 175. The third kappa shape index (κ3) is 1.11. The fourth-order valence-corrected chi connectivity index (χ4v) is 0.929. The molecule has 0 aromatic heterocycles. The molecular formula is C5H4N2S. The van der Waals surface area contributed by atoms with E-state index >= 15 is 0 Å². The molecule has 0 bridgehead atoms. The summed E-state index contributed by atoms with van der Waals surface area (Å²) in [5, 5.41) is 8.28. The predicted octanol–water partition coefficient (Wildman–Crippen LogP) is 1.17. The maximum Gasteiger partial charge on any atom is 0.108 e. The van der Waals surface area contributed by atoms with Gasteiger partial charge in [-0.15, -0.1) is 11.8 Å². The quantitative estimate of drug-likeness (QED) is 0.486. The van der Waals surface area contributed by atoms with Crippen LogP contribution in [0.5, 0.6) is 0 Å². The fourth-order valence-electron chi connectivity index (χ4n) is 0.389. The topological polar surface area (TPSA) is 36.1 Å². The molecule has 1 aliphatic rings. The molecule has 3 heteroatoms. The van der Waals surface area contributed by atoms with Crippen LogP contribution in [0.4, 0.5) is 0 Å².